The summed E-state index contributed by atoms with van der Waals surface area (Å²) in [6, 6.07) is 0.533. The third-order valence-electron chi connectivity index (χ3n) is 5.07. The van der Waals surface area contributed by atoms with Crippen LogP contribution < -0.4 is 5.32 Å². The van der Waals surface area contributed by atoms with Gasteiger partial charge in [0.2, 0.25) is 5.91 Å². The fourth-order valence-electron chi connectivity index (χ4n) is 3.83. The molecule has 1 atom stereocenters. The standard InChI is InChI=1S/C16H30N2O/c1-3-12-18(13-14-8-7-11-17-14)15(19)16(4-2)9-5-6-10-16/h14,17H,3-13H2,1-2H3. The Bertz CT molecular complexity index is 291. The Morgan fingerprint density at radius 1 is 1.26 bits per heavy atom. The molecule has 3 nitrogen and oxygen atoms in total. The van der Waals surface area contributed by atoms with Crippen LogP contribution in [0, 0.1) is 5.41 Å². The summed E-state index contributed by atoms with van der Waals surface area (Å²) in [5.41, 5.74) is -0.0201. The average Bonchev–Trinajstić information content (AvgIpc) is 3.09. The molecule has 1 saturated carbocycles. The highest BCUT2D eigenvalue weighted by Gasteiger charge is 2.42. The van der Waals surface area contributed by atoms with E-state index < -0.39 is 0 Å². The van der Waals surface area contributed by atoms with Gasteiger partial charge in [-0.2, -0.15) is 0 Å². The Balaban J connectivity index is 2.01. The van der Waals surface area contributed by atoms with E-state index >= 15 is 0 Å². The van der Waals surface area contributed by atoms with Crippen LogP contribution in [0.2, 0.25) is 0 Å². The van der Waals surface area contributed by atoms with Gasteiger partial charge < -0.3 is 10.2 Å². The molecule has 2 rings (SSSR count). The first-order valence-electron chi connectivity index (χ1n) is 8.24. The summed E-state index contributed by atoms with van der Waals surface area (Å²) in [7, 11) is 0. The summed E-state index contributed by atoms with van der Waals surface area (Å²) in [6.45, 7) is 7.35. The third kappa shape index (κ3) is 3.31. The lowest BCUT2D eigenvalue weighted by atomic mass is 9.81. The van der Waals surface area contributed by atoms with Crippen molar-refractivity contribution >= 4 is 5.91 Å². The Hall–Kier alpha value is -0.570. The first-order valence-corrected chi connectivity index (χ1v) is 8.24. The number of nitrogens with zero attached hydrogens (tertiary/aromatic N) is 1. The lowest BCUT2D eigenvalue weighted by Gasteiger charge is -2.35. The molecule has 19 heavy (non-hydrogen) atoms. The van der Waals surface area contributed by atoms with Crippen LogP contribution in [0.1, 0.15) is 65.2 Å². The molecule has 1 aliphatic carbocycles. The van der Waals surface area contributed by atoms with E-state index in [4.69, 9.17) is 0 Å². The van der Waals surface area contributed by atoms with Crippen molar-refractivity contribution in [3.63, 3.8) is 0 Å². The van der Waals surface area contributed by atoms with Crippen molar-refractivity contribution in [3.8, 4) is 0 Å². The zero-order valence-electron chi connectivity index (χ0n) is 12.7. The molecule has 1 N–H and O–H groups in total. The van der Waals surface area contributed by atoms with Crippen molar-refractivity contribution < 1.29 is 4.79 Å². The normalized spacial score (nSPS) is 25.7. The Labute approximate surface area is 118 Å². The monoisotopic (exact) mass is 266 g/mol. The second kappa shape index (κ2) is 6.74. The van der Waals surface area contributed by atoms with Crippen LogP contribution in [0.5, 0.6) is 0 Å². The smallest absolute Gasteiger partial charge is 0.228 e. The van der Waals surface area contributed by atoms with Crippen LogP contribution in [0.3, 0.4) is 0 Å². The molecule has 0 bridgehead atoms. The van der Waals surface area contributed by atoms with Gasteiger partial charge in [-0.3, -0.25) is 4.79 Å². The zero-order valence-corrected chi connectivity index (χ0v) is 12.7. The molecule has 110 valence electrons. The van der Waals surface area contributed by atoms with E-state index in [9.17, 15) is 4.79 Å². The van der Waals surface area contributed by atoms with Gasteiger partial charge in [0.15, 0.2) is 0 Å². The molecule has 1 saturated heterocycles. The van der Waals surface area contributed by atoms with Crippen molar-refractivity contribution in [2.75, 3.05) is 19.6 Å². The van der Waals surface area contributed by atoms with E-state index in [1.165, 1.54) is 25.7 Å². The summed E-state index contributed by atoms with van der Waals surface area (Å²) in [5.74, 6) is 0.447. The van der Waals surface area contributed by atoms with E-state index in [1.54, 1.807) is 0 Å². The van der Waals surface area contributed by atoms with Crippen LogP contribution >= 0.6 is 0 Å². The highest BCUT2D eigenvalue weighted by atomic mass is 16.2. The Morgan fingerprint density at radius 3 is 2.53 bits per heavy atom. The molecule has 0 radical (unpaired) electrons. The van der Waals surface area contributed by atoms with E-state index in [-0.39, 0.29) is 5.41 Å². The fourth-order valence-corrected chi connectivity index (χ4v) is 3.83. The van der Waals surface area contributed by atoms with Gasteiger partial charge in [0, 0.05) is 24.5 Å². The maximum atomic E-state index is 13.0. The van der Waals surface area contributed by atoms with E-state index in [0.717, 1.165) is 45.3 Å². The quantitative estimate of drug-likeness (QED) is 0.801. The highest BCUT2D eigenvalue weighted by Crippen LogP contribution is 2.42. The third-order valence-corrected chi connectivity index (χ3v) is 5.07. The van der Waals surface area contributed by atoms with E-state index in [1.807, 2.05) is 0 Å². The molecule has 0 aromatic carbocycles. The lowest BCUT2D eigenvalue weighted by Crippen LogP contribution is -2.47. The molecule has 0 spiro atoms. The number of amides is 1. The van der Waals surface area contributed by atoms with Crippen molar-refractivity contribution in [2.45, 2.75) is 71.3 Å². The van der Waals surface area contributed by atoms with E-state index in [2.05, 4.69) is 24.1 Å². The Morgan fingerprint density at radius 2 is 2.00 bits per heavy atom. The summed E-state index contributed by atoms with van der Waals surface area (Å²) < 4.78 is 0. The van der Waals surface area contributed by atoms with Gasteiger partial charge in [0.25, 0.3) is 0 Å². The molecule has 2 aliphatic rings. The van der Waals surface area contributed by atoms with Gasteiger partial charge in [0.05, 0.1) is 0 Å². The number of hydrogen-bond acceptors (Lipinski definition) is 2. The predicted octanol–water partition coefficient (Wildman–Crippen LogP) is 2.95. The van der Waals surface area contributed by atoms with Gasteiger partial charge in [-0.25, -0.2) is 0 Å². The predicted molar refractivity (Wildman–Crippen MR) is 79.1 cm³/mol. The van der Waals surface area contributed by atoms with Gasteiger partial charge in [-0.05, 0) is 45.1 Å². The molecule has 3 heteroatoms. The van der Waals surface area contributed by atoms with Crippen molar-refractivity contribution in [1.82, 2.24) is 10.2 Å². The van der Waals surface area contributed by atoms with Crippen molar-refractivity contribution in [1.29, 1.82) is 0 Å². The molecule has 1 aliphatic heterocycles. The first-order chi connectivity index (χ1) is 9.22. The number of carbonyl (C=O) groups is 1. The van der Waals surface area contributed by atoms with Crippen LogP contribution in [-0.4, -0.2) is 36.5 Å². The van der Waals surface area contributed by atoms with Crippen LogP contribution in [0.4, 0.5) is 0 Å². The van der Waals surface area contributed by atoms with Crippen molar-refractivity contribution in [3.05, 3.63) is 0 Å². The summed E-state index contributed by atoms with van der Waals surface area (Å²) in [5, 5.41) is 3.53. The van der Waals surface area contributed by atoms with Gasteiger partial charge in [0.1, 0.15) is 0 Å². The number of carbonyl (C=O) groups excluding carboxylic acids is 1. The summed E-state index contributed by atoms with van der Waals surface area (Å²) in [4.78, 5) is 15.1. The second-order valence-electron chi connectivity index (χ2n) is 6.39. The molecular formula is C16H30N2O. The highest BCUT2D eigenvalue weighted by molar-refractivity contribution is 5.83. The zero-order chi connectivity index (χ0) is 13.7. The summed E-state index contributed by atoms with van der Waals surface area (Å²) >= 11 is 0. The van der Waals surface area contributed by atoms with Crippen LogP contribution in [0.25, 0.3) is 0 Å². The van der Waals surface area contributed by atoms with Gasteiger partial charge in [-0.15, -0.1) is 0 Å². The van der Waals surface area contributed by atoms with Crippen molar-refractivity contribution in [2.24, 2.45) is 5.41 Å². The Kier molecular flexibility index (Phi) is 5.26. The average molecular weight is 266 g/mol. The largest absolute Gasteiger partial charge is 0.341 e. The molecule has 1 amide bonds. The molecule has 1 heterocycles. The molecule has 0 aromatic rings. The maximum Gasteiger partial charge on any atom is 0.228 e. The second-order valence-corrected chi connectivity index (χ2v) is 6.39. The van der Waals surface area contributed by atoms with E-state index in [0.29, 0.717) is 11.9 Å². The topological polar surface area (TPSA) is 32.3 Å². The number of rotatable bonds is 6. The van der Waals surface area contributed by atoms with Gasteiger partial charge >= 0.3 is 0 Å². The number of hydrogen-bond donors (Lipinski definition) is 1. The first kappa shape index (κ1) is 14.8. The minimum Gasteiger partial charge on any atom is -0.341 e. The minimum atomic E-state index is -0.0201. The molecule has 0 aromatic heterocycles. The number of nitrogens with one attached hydrogen (secondary N) is 1. The minimum absolute atomic E-state index is 0.0201. The summed E-state index contributed by atoms with van der Waals surface area (Å²) in [6.07, 6.45) is 9.27. The van der Waals surface area contributed by atoms with Crippen LogP contribution in [0.15, 0.2) is 0 Å². The lowest BCUT2D eigenvalue weighted by molar-refractivity contribution is -0.142. The van der Waals surface area contributed by atoms with Gasteiger partial charge in [-0.1, -0.05) is 26.7 Å². The molecule has 2 fully saturated rings. The molecular weight excluding hydrogens is 236 g/mol. The fraction of sp³-hybridized carbons (Fsp3) is 0.938. The van der Waals surface area contributed by atoms with Crippen LogP contribution in [-0.2, 0) is 4.79 Å². The maximum absolute atomic E-state index is 13.0. The SMILES string of the molecule is CCCN(CC1CCCN1)C(=O)C1(CC)CCCC1. The molecule has 1 unspecified atom stereocenters.